The number of nitrogens with zero attached hydrogens (tertiary/aromatic N) is 1. The fourth-order valence-electron chi connectivity index (χ4n) is 3.18. The molecule has 1 aromatic carbocycles. The van der Waals surface area contributed by atoms with Crippen LogP contribution in [-0.4, -0.2) is 39.6 Å². The highest BCUT2D eigenvalue weighted by molar-refractivity contribution is 8.23. The van der Waals surface area contributed by atoms with Gasteiger partial charge in [-0.1, -0.05) is 75.1 Å². The molecule has 3 nitrogen and oxygen atoms in total. The number of benzene rings is 1. The predicted molar refractivity (Wildman–Crippen MR) is 110 cm³/mol. The van der Waals surface area contributed by atoms with Gasteiger partial charge in [-0.25, -0.2) is 0 Å². The molecule has 0 N–H and O–H groups in total. The molecule has 2 rings (SSSR count). The Morgan fingerprint density at radius 1 is 1.36 bits per heavy atom. The third kappa shape index (κ3) is 4.63. The van der Waals surface area contributed by atoms with Gasteiger partial charge < -0.3 is 4.74 Å². The van der Waals surface area contributed by atoms with Crippen LogP contribution in [0.15, 0.2) is 30.3 Å². The Labute approximate surface area is 161 Å². The van der Waals surface area contributed by atoms with Gasteiger partial charge in [-0.2, -0.15) is 0 Å². The standard InChI is InChI=1S/C20H29NO2S2/c1-14(2)17-13-25-19(24)21(17)18(22)15(3)20(4,23-5)12-11-16-9-7-6-8-10-16/h6-10,14-15,17H,11-13H2,1-5H3/t15-,17+,20-/m0/s1. The summed E-state index contributed by atoms with van der Waals surface area (Å²) < 4.78 is 6.54. The predicted octanol–water partition coefficient (Wildman–Crippen LogP) is 4.55. The number of hydrogen-bond acceptors (Lipinski definition) is 4. The largest absolute Gasteiger partial charge is 0.378 e. The van der Waals surface area contributed by atoms with Gasteiger partial charge in [-0.3, -0.25) is 9.69 Å². The zero-order valence-electron chi connectivity index (χ0n) is 15.8. The maximum atomic E-state index is 13.2. The van der Waals surface area contributed by atoms with Gasteiger partial charge in [0.1, 0.15) is 4.32 Å². The number of aryl methyl sites for hydroxylation is 1. The topological polar surface area (TPSA) is 29.5 Å². The second kappa shape index (κ2) is 8.65. The Morgan fingerprint density at radius 2 is 2.00 bits per heavy atom. The van der Waals surface area contributed by atoms with Crippen molar-refractivity contribution in [3.8, 4) is 0 Å². The quantitative estimate of drug-likeness (QED) is 0.650. The third-order valence-electron chi connectivity index (χ3n) is 5.42. The van der Waals surface area contributed by atoms with Gasteiger partial charge in [-0.15, -0.1) is 0 Å². The van der Waals surface area contributed by atoms with Crippen LogP contribution in [0, 0.1) is 11.8 Å². The number of hydrogen-bond donors (Lipinski definition) is 0. The summed E-state index contributed by atoms with van der Waals surface area (Å²) in [5.74, 6) is 1.12. The lowest BCUT2D eigenvalue weighted by Crippen LogP contribution is -2.50. The highest BCUT2D eigenvalue weighted by atomic mass is 32.2. The van der Waals surface area contributed by atoms with Crippen LogP contribution < -0.4 is 0 Å². The molecule has 0 unspecified atom stereocenters. The van der Waals surface area contributed by atoms with Gasteiger partial charge >= 0.3 is 0 Å². The molecule has 0 aliphatic carbocycles. The number of amides is 1. The van der Waals surface area contributed by atoms with E-state index in [-0.39, 0.29) is 17.9 Å². The summed E-state index contributed by atoms with van der Waals surface area (Å²) >= 11 is 7.07. The molecular formula is C20H29NO2S2. The average Bonchev–Trinajstić information content (AvgIpc) is 3.01. The minimum absolute atomic E-state index is 0.0890. The maximum absolute atomic E-state index is 13.2. The van der Waals surface area contributed by atoms with Crippen molar-refractivity contribution in [2.24, 2.45) is 11.8 Å². The van der Waals surface area contributed by atoms with Crippen molar-refractivity contribution >= 4 is 34.2 Å². The Bertz CT molecular complexity index is 605. The lowest BCUT2D eigenvalue weighted by molar-refractivity contribution is -0.144. The summed E-state index contributed by atoms with van der Waals surface area (Å²) in [4.78, 5) is 15.1. The molecule has 1 amide bonds. The van der Waals surface area contributed by atoms with Crippen LogP contribution in [-0.2, 0) is 16.0 Å². The summed E-state index contributed by atoms with van der Waals surface area (Å²) in [7, 11) is 1.70. The number of ether oxygens (including phenoxy) is 1. The van der Waals surface area contributed by atoms with E-state index >= 15 is 0 Å². The van der Waals surface area contributed by atoms with Crippen molar-refractivity contribution in [1.29, 1.82) is 0 Å². The van der Waals surface area contributed by atoms with Crippen LogP contribution in [0.25, 0.3) is 0 Å². The zero-order chi connectivity index (χ0) is 18.6. The molecule has 0 radical (unpaired) electrons. The van der Waals surface area contributed by atoms with E-state index in [2.05, 4.69) is 26.0 Å². The van der Waals surface area contributed by atoms with Gasteiger partial charge in [-0.05, 0) is 31.2 Å². The molecule has 25 heavy (non-hydrogen) atoms. The summed E-state index contributed by atoms with van der Waals surface area (Å²) in [5.41, 5.74) is 0.745. The SMILES string of the molecule is CO[C@@](C)(CCc1ccccc1)[C@@H](C)C(=O)N1C(=S)SC[C@@H]1C(C)C. The highest BCUT2D eigenvalue weighted by Crippen LogP contribution is 2.34. The van der Waals surface area contributed by atoms with Crippen molar-refractivity contribution in [3.63, 3.8) is 0 Å². The van der Waals surface area contributed by atoms with E-state index in [1.165, 1.54) is 5.56 Å². The van der Waals surface area contributed by atoms with E-state index in [1.807, 2.05) is 36.9 Å². The summed E-state index contributed by atoms with van der Waals surface area (Å²) in [6.07, 6.45) is 1.68. The fraction of sp³-hybridized carbons (Fsp3) is 0.600. The number of rotatable bonds is 7. The summed E-state index contributed by atoms with van der Waals surface area (Å²) in [5, 5.41) is 0. The van der Waals surface area contributed by atoms with E-state index in [0.29, 0.717) is 10.2 Å². The molecule has 0 spiro atoms. The van der Waals surface area contributed by atoms with Crippen LogP contribution in [0.5, 0.6) is 0 Å². The Kier molecular flexibility index (Phi) is 7.06. The molecule has 1 aromatic rings. The number of carbonyl (C=O) groups is 1. The zero-order valence-corrected chi connectivity index (χ0v) is 17.5. The van der Waals surface area contributed by atoms with E-state index in [0.717, 1.165) is 18.6 Å². The molecule has 0 bridgehead atoms. The normalized spacial score (nSPS) is 21.4. The van der Waals surface area contributed by atoms with Crippen LogP contribution in [0.4, 0.5) is 0 Å². The van der Waals surface area contributed by atoms with E-state index in [4.69, 9.17) is 17.0 Å². The lowest BCUT2D eigenvalue weighted by Gasteiger charge is -2.37. The van der Waals surface area contributed by atoms with Gasteiger partial charge in [0, 0.05) is 18.9 Å². The molecule has 1 saturated heterocycles. The number of thiocarbonyl (C=S) groups is 1. The molecule has 1 fully saturated rings. The molecule has 3 atom stereocenters. The molecule has 1 aliphatic heterocycles. The molecule has 1 heterocycles. The van der Waals surface area contributed by atoms with Crippen molar-refractivity contribution < 1.29 is 9.53 Å². The van der Waals surface area contributed by atoms with Crippen molar-refractivity contribution in [1.82, 2.24) is 4.90 Å². The smallest absolute Gasteiger partial charge is 0.234 e. The van der Waals surface area contributed by atoms with Crippen molar-refractivity contribution in [2.75, 3.05) is 12.9 Å². The number of methoxy groups -OCH3 is 1. The van der Waals surface area contributed by atoms with Crippen LogP contribution >= 0.6 is 24.0 Å². The first-order chi connectivity index (χ1) is 11.8. The lowest BCUT2D eigenvalue weighted by atomic mass is 9.83. The molecule has 0 aromatic heterocycles. The molecule has 138 valence electrons. The molecule has 5 heteroatoms. The average molecular weight is 380 g/mol. The Balaban J connectivity index is 2.12. The summed E-state index contributed by atoms with van der Waals surface area (Å²) in [6.45, 7) is 8.30. The van der Waals surface area contributed by atoms with Gasteiger partial charge in [0.2, 0.25) is 5.91 Å². The van der Waals surface area contributed by atoms with E-state index in [1.54, 1.807) is 18.9 Å². The second-order valence-electron chi connectivity index (χ2n) is 7.32. The van der Waals surface area contributed by atoms with Gasteiger partial charge in [0.15, 0.2) is 0 Å². The Morgan fingerprint density at radius 3 is 2.56 bits per heavy atom. The second-order valence-corrected chi connectivity index (χ2v) is 8.97. The first kappa shape index (κ1) is 20.4. The minimum Gasteiger partial charge on any atom is -0.378 e. The Hall–Kier alpha value is -0.910. The molecule has 1 aliphatic rings. The van der Waals surface area contributed by atoms with Crippen molar-refractivity contribution in [3.05, 3.63) is 35.9 Å². The van der Waals surface area contributed by atoms with Gasteiger partial charge in [0.05, 0.1) is 11.5 Å². The first-order valence-corrected chi connectivity index (χ1v) is 10.3. The maximum Gasteiger partial charge on any atom is 0.234 e. The number of thioether (sulfide) groups is 1. The van der Waals surface area contributed by atoms with Gasteiger partial charge in [0.25, 0.3) is 0 Å². The highest BCUT2D eigenvalue weighted by Gasteiger charge is 2.43. The summed E-state index contributed by atoms with van der Waals surface area (Å²) in [6, 6.07) is 10.5. The van der Waals surface area contributed by atoms with Crippen LogP contribution in [0.2, 0.25) is 0 Å². The first-order valence-electron chi connectivity index (χ1n) is 8.89. The molecular weight excluding hydrogens is 350 g/mol. The minimum atomic E-state index is -0.517. The van der Waals surface area contributed by atoms with E-state index in [9.17, 15) is 4.79 Å². The third-order valence-corrected chi connectivity index (χ3v) is 6.92. The number of carbonyl (C=O) groups excluding carboxylic acids is 1. The monoisotopic (exact) mass is 379 g/mol. The molecule has 0 saturated carbocycles. The van der Waals surface area contributed by atoms with E-state index < -0.39 is 5.60 Å². The fourth-order valence-corrected chi connectivity index (χ4v) is 4.82. The van der Waals surface area contributed by atoms with Crippen molar-refractivity contribution in [2.45, 2.75) is 52.2 Å². The van der Waals surface area contributed by atoms with Crippen LogP contribution in [0.3, 0.4) is 0 Å². The van der Waals surface area contributed by atoms with Crippen LogP contribution in [0.1, 0.15) is 39.7 Å².